The van der Waals surface area contributed by atoms with Gasteiger partial charge in [-0.15, -0.1) is 0 Å². The number of aliphatic hydroxyl groups is 1. The third kappa shape index (κ3) is 4.38. The molecule has 3 nitrogen and oxygen atoms in total. The van der Waals surface area contributed by atoms with Crippen molar-refractivity contribution in [1.82, 2.24) is 5.32 Å². The Hall–Kier alpha value is -1.27. The van der Waals surface area contributed by atoms with Gasteiger partial charge in [-0.3, -0.25) is 0 Å². The summed E-state index contributed by atoms with van der Waals surface area (Å²) in [6.45, 7) is 0.366. The number of nitrogens with one attached hydrogen (secondary N) is 1. The van der Waals surface area contributed by atoms with Gasteiger partial charge in [0.25, 0.3) is 0 Å². The largest absolute Gasteiger partial charge is 0.491 e. The molecule has 6 heteroatoms. The summed E-state index contributed by atoms with van der Waals surface area (Å²) in [7, 11) is 0. The van der Waals surface area contributed by atoms with Gasteiger partial charge in [-0.25, -0.2) is 0 Å². The lowest BCUT2D eigenvalue weighted by atomic mass is 9.93. The molecule has 0 saturated heterocycles. The average Bonchev–Trinajstić information content (AvgIpc) is 2.34. The van der Waals surface area contributed by atoms with E-state index in [0.29, 0.717) is 12.6 Å². The smallest absolute Gasteiger partial charge is 0.416 e. The van der Waals surface area contributed by atoms with Gasteiger partial charge in [0.05, 0.1) is 5.56 Å². The maximum absolute atomic E-state index is 12.5. The van der Waals surface area contributed by atoms with Crippen molar-refractivity contribution < 1.29 is 23.0 Å². The second-order valence-corrected chi connectivity index (χ2v) is 5.03. The van der Waals surface area contributed by atoms with Crippen LogP contribution in [0.3, 0.4) is 0 Å². The number of rotatable bonds is 6. The number of benzene rings is 1. The Bertz CT molecular complexity index is 433. The molecule has 1 saturated carbocycles. The number of hydrogen-bond acceptors (Lipinski definition) is 3. The van der Waals surface area contributed by atoms with Gasteiger partial charge in [-0.1, -0.05) is 12.5 Å². The fourth-order valence-electron chi connectivity index (χ4n) is 1.93. The van der Waals surface area contributed by atoms with E-state index in [1.165, 1.54) is 18.6 Å². The summed E-state index contributed by atoms with van der Waals surface area (Å²) in [5.74, 6) is 0.113. The summed E-state index contributed by atoms with van der Waals surface area (Å²) >= 11 is 0. The van der Waals surface area contributed by atoms with Crippen LogP contribution in [-0.4, -0.2) is 30.4 Å². The molecule has 0 amide bonds. The highest BCUT2D eigenvalue weighted by Gasteiger charge is 2.30. The van der Waals surface area contributed by atoms with Gasteiger partial charge in [-0.05, 0) is 31.0 Å². The van der Waals surface area contributed by atoms with Gasteiger partial charge in [0.15, 0.2) is 0 Å². The molecule has 20 heavy (non-hydrogen) atoms. The lowest BCUT2D eigenvalue weighted by molar-refractivity contribution is -0.137. The minimum atomic E-state index is -4.39. The quantitative estimate of drug-likeness (QED) is 0.846. The Balaban J connectivity index is 1.77. The minimum absolute atomic E-state index is 0.0268. The van der Waals surface area contributed by atoms with E-state index >= 15 is 0 Å². The van der Waals surface area contributed by atoms with E-state index in [4.69, 9.17) is 4.74 Å². The predicted octanol–water partition coefficient (Wildman–Crippen LogP) is 2.59. The molecular formula is C14H18F3NO2. The zero-order valence-corrected chi connectivity index (χ0v) is 11.0. The standard InChI is InChI=1S/C14H18F3NO2/c15-14(16,17)10-3-1-6-13(7-10)20-9-12(19)8-18-11-4-2-5-11/h1,3,6-7,11-12,18-19H,2,4-5,8-9H2. The van der Waals surface area contributed by atoms with Crippen molar-refractivity contribution in [3.63, 3.8) is 0 Å². The molecule has 1 aliphatic rings. The second kappa shape index (κ2) is 6.45. The summed E-state index contributed by atoms with van der Waals surface area (Å²) < 4.78 is 42.7. The van der Waals surface area contributed by atoms with E-state index in [0.717, 1.165) is 25.0 Å². The molecule has 1 aliphatic carbocycles. The van der Waals surface area contributed by atoms with E-state index in [1.807, 2.05) is 0 Å². The van der Waals surface area contributed by atoms with Crippen molar-refractivity contribution in [2.24, 2.45) is 0 Å². The Morgan fingerprint density at radius 1 is 1.35 bits per heavy atom. The van der Waals surface area contributed by atoms with E-state index in [1.54, 1.807) is 0 Å². The molecule has 2 rings (SSSR count). The predicted molar refractivity (Wildman–Crippen MR) is 68.6 cm³/mol. The second-order valence-electron chi connectivity index (χ2n) is 5.03. The lowest BCUT2D eigenvalue weighted by Crippen LogP contribution is -2.41. The zero-order valence-electron chi connectivity index (χ0n) is 11.0. The molecule has 2 N–H and O–H groups in total. The highest BCUT2D eigenvalue weighted by atomic mass is 19.4. The van der Waals surface area contributed by atoms with Crippen LogP contribution < -0.4 is 10.1 Å². The van der Waals surface area contributed by atoms with Crippen molar-refractivity contribution in [2.75, 3.05) is 13.2 Å². The van der Waals surface area contributed by atoms with Crippen LogP contribution in [0.1, 0.15) is 24.8 Å². The number of aliphatic hydroxyl groups excluding tert-OH is 1. The molecule has 0 aromatic heterocycles. The number of ether oxygens (including phenoxy) is 1. The third-order valence-electron chi connectivity index (χ3n) is 3.35. The fraction of sp³-hybridized carbons (Fsp3) is 0.571. The molecule has 0 heterocycles. The molecule has 0 aliphatic heterocycles. The molecule has 1 atom stereocenters. The topological polar surface area (TPSA) is 41.5 Å². The zero-order chi connectivity index (χ0) is 14.6. The summed E-state index contributed by atoms with van der Waals surface area (Å²) in [6.07, 6.45) is -1.69. The van der Waals surface area contributed by atoms with Crippen LogP contribution in [0.5, 0.6) is 5.75 Å². The number of alkyl halides is 3. The maximum Gasteiger partial charge on any atom is 0.416 e. The lowest BCUT2D eigenvalue weighted by Gasteiger charge is -2.27. The van der Waals surface area contributed by atoms with Crippen LogP contribution in [0.15, 0.2) is 24.3 Å². The van der Waals surface area contributed by atoms with E-state index in [9.17, 15) is 18.3 Å². The van der Waals surface area contributed by atoms with Crippen molar-refractivity contribution in [1.29, 1.82) is 0 Å². The first-order valence-electron chi connectivity index (χ1n) is 6.66. The Morgan fingerprint density at radius 3 is 2.70 bits per heavy atom. The molecule has 112 valence electrons. The molecule has 1 aromatic carbocycles. The molecule has 1 unspecified atom stereocenters. The van der Waals surface area contributed by atoms with Crippen LogP contribution >= 0.6 is 0 Å². The Morgan fingerprint density at radius 2 is 2.10 bits per heavy atom. The van der Waals surface area contributed by atoms with E-state index < -0.39 is 17.8 Å². The molecule has 1 aromatic rings. The van der Waals surface area contributed by atoms with Crippen molar-refractivity contribution in [2.45, 2.75) is 37.6 Å². The fourth-order valence-corrected chi connectivity index (χ4v) is 1.93. The Kier molecular flexibility index (Phi) is 4.88. The van der Waals surface area contributed by atoms with Crippen molar-refractivity contribution in [3.8, 4) is 5.75 Å². The van der Waals surface area contributed by atoms with Gasteiger partial charge in [0.2, 0.25) is 0 Å². The minimum Gasteiger partial charge on any atom is -0.491 e. The van der Waals surface area contributed by atoms with Gasteiger partial charge in [0, 0.05) is 12.6 Å². The van der Waals surface area contributed by atoms with Crippen LogP contribution in [0.4, 0.5) is 13.2 Å². The van der Waals surface area contributed by atoms with Crippen LogP contribution in [0.2, 0.25) is 0 Å². The summed E-state index contributed by atoms with van der Waals surface area (Å²) in [5, 5.41) is 12.9. The summed E-state index contributed by atoms with van der Waals surface area (Å²) in [6, 6.07) is 5.12. The number of halogens is 3. The first-order valence-corrected chi connectivity index (χ1v) is 6.66. The first kappa shape index (κ1) is 15.1. The first-order chi connectivity index (χ1) is 9.45. The van der Waals surface area contributed by atoms with Crippen molar-refractivity contribution in [3.05, 3.63) is 29.8 Å². The SMILES string of the molecule is OC(CNC1CCC1)COc1cccc(C(F)(F)F)c1. The summed E-state index contributed by atoms with van der Waals surface area (Å²) in [5.41, 5.74) is -0.753. The highest BCUT2D eigenvalue weighted by molar-refractivity contribution is 5.30. The van der Waals surface area contributed by atoms with E-state index in [2.05, 4.69) is 5.32 Å². The van der Waals surface area contributed by atoms with Crippen LogP contribution in [0.25, 0.3) is 0 Å². The van der Waals surface area contributed by atoms with Crippen LogP contribution in [-0.2, 0) is 6.18 Å². The highest BCUT2D eigenvalue weighted by Crippen LogP contribution is 2.31. The maximum atomic E-state index is 12.5. The van der Waals surface area contributed by atoms with Gasteiger partial charge >= 0.3 is 6.18 Å². The normalized spacial score (nSPS) is 17.6. The monoisotopic (exact) mass is 289 g/mol. The Labute approximate surface area is 115 Å². The number of hydrogen-bond donors (Lipinski definition) is 2. The molecule has 1 fully saturated rings. The molecule has 0 radical (unpaired) electrons. The third-order valence-corrected chi connectivity index (χ3v) is 3.35. The summed E-state index contributed by atoms with van der Waals surface area (Å²) in [4.78, 5) is 0. The van der Waals surface area contributed by atoms with Crippen molar-refractivity contribution >= 4 is 0 Å². The average molecular weight is 289 g/mol. The van der Waals surface area contributed by atoms with Gasteiger partial charge in [-0.2, -0.15) is 13.2 Å². The van der Waals surface area contributed by atoms with Crippen LogP contribution in [0, 0.1) is 0 Å². The molecule has 0 bridgehead atoms. The van der Waals surface area contributed by atoms with Gasteiger partial charge in [0.1, 0.15) is 18.5 Å². The van der Waals surface area contributed by atoms with Gasteiger partial charge < -0.3 is 15.2 Å². The molecular weight excluding hydrogens is 271 g/mol. The molecule has 0 spiro atoms. The van der Waals surface area contributed by atoms with E-state index in [-0.39, 0.29) is 12.4 Å².